The number of sulfonamides is 1. The molecule has 15 heavy (non-hydrogen) atoms. The van der Waals surface area contributed by atoms with E-state index >= 15 is 0 Å². The first kappa shape index (κ1) is 13.8. The van der Waals surface area contributed by atoms with Gasteiger partial charge in [0, 0.05) is 6.42 Å². The fourth-order valence-corrected chi connectivity index (χ4v) is 1.49. The normalized spacial score (nSPS) is 11.2. The van der Waals surface area contributed by atoms with E-state index in [0.29, 0.717) is 0 Å². The van der Waals surface area contributed by atoms with Gasteiger partial charge in [0.15, 0.2) is 0 Å². The first-order valence-electron chi connectivity index (χ1n) is 3.95. The lowest BCUT2D eigenvalue weighted by Crippen LogP contribution is -2.31. The van der Waals surface area contributed by atoms with E-state index in [0.717, 1.165) is 0 Å². The Kier molecular flexibility index (Phi) is 5.82. The predicted octanol–water partition coefficient (Wildman–Crippen LogP) is -1.81. The Labute approximate surface area is 86.4 Å². The lowest BCUT2D eigenvalue weighted by Gasteiger charge is -2.04. The van der Waals surface area contributed by atoms with Crippen LogP contribution in [0.4, 0.5) is 0 Å². The number of primary amides is 1. The summed E-state index contributed by atoms with van der Waals surface area (Å²) in [7, 11) is -3.72. The minimum Gasteiger partial charge on any atom is -0.481 e. The van der Waals surface area contributed by atoms with Crippen LogP contribution in [-0.2, 0) is 24.4 Å². The Morgan fingerprint density at radius 3 is 2.47 bits per heavy atom. The van der Waals surface area contributed by atoms with E-state index in [1.165, 1.54) is 0 Å². The molecule has 0 aromatic heterocycles. The van der Waals surface area contributed by atoms with Gasteiger partial charge in [-0.05, 0) is 6.42 Å². The van der Waals surface area contributed by atoms with Gasteiger partial charge in [-0.2, -0.15) is 0 Å². The van der Waals surface area contributed by atoms with Crippen molar-refractivity contribution in [1.82, 2.24) is 4.89 Å². The fraction of sp³-hybridized carbons (Fsp3) is 0.667. The maximum Gasteiger partial charge on any atom is 0.303 e. The summed E-state index contributed by atoms with van der Waals surface area (Å²) in [6.07, 6.45) is -0.290. The number of nitrogens with one attached hydrogen (secondary N) is 1. The zero-order chi connectivity index (χ0) is 11.9. The molecule has 0 radical (unpaired) electrons. The molecule has 0 aromatic carbocycles. The van der Waals surface area contributed by atoms with Crippen LogP contribution >= 0.6 is 0 Å². The van der Waals surface area contributed by atoms with Crippen LogP contribution in [0.25, 0.3) is 0 Å². The topological polar surface area (TPSA) is 136 Å². The molecule has 0 bridgehead atoms. The van der Waals surface area contributed by atoms with Gasteiger partial charge in [-0.1, -0.05) is 4.89 Å². The molecule has 88 valence electrons. The van der Waals surface area contributed by atoms with Crippen LogP contribution in [0.15, 0.2) is 0 Å². The molecule has 1 amide bonds. The van der Waals surface area contributed by atoms with Gasteiger partial charge in [0.1, 0.15) is 6.61 Å². The van der Waals surface area contributed by atoms with Crippen molar-refractivity contribution in [3.63, 3.8) is 0 Å². The number of amides is 1. The summed E-state index contributed by atoms with van der Waals surface area (Å²) in [5.74, 6) is -2.29. The lowest BCUT2D eigenvalue weighted by atomic mass is 10.3. The van der Waals surface area contributed by atoms with Gasteiger partial charge in [0.25, 0.3) is 0 Å². The number of hydrogen-bond acceptors (Lipinski definition) is 5. The molecule has 8 nitrogen and oxygen atoms in total. The summed E-state index contributed by atoms with van der Waals surface area (Å²) in [5, 5.41) is 8.25. The predicted molar refractivity (Wildman–Crippen MR) is 48.9 cm³/mol. The van der Waals surface area contributed by atoms with Gasteiger partial charge in [-0.15, -0.1) is 0 Å². The van der Waals surface area contributed by atoms with E-state index < -0.39 is 34.3 Å². The quantitative estimate of drug-likeness (QED) is 0.428. The number of carboxylic acid groups (broad SMARTS) is 1. The average Bonchev–Trinajstić information content (AvgIpc) is 2.01. The number of carboxylic acids is 1. The van der Waals surface area contributed by atoms with Crippen molar-refractivity contribution >= 4 is 21.9 Å². The number of hydrogen-bond donors (Lipinski definition) is 3. The Bertz CT molecular complexity index is 299. The Morgan fingerprint density at radius 1 is 1.40 bits per heavy atom. The average molecular weight is 240 g/mol. The second kappa shape index (κ2) is 6.32. The molecule has 0 aliphatic rings. The first-order chi connectivity index (χ1) is 6.83. The number of nitrogens with two attached hydrogens (primary N) is 1. The van der Waals surface area contributed by atoms with E-state index in [-0.39, 0.29) is 12.8 Å². The Balaban J connectivity index is 3.77. The van der Waals surface area contributed by atoms with E-state index in [1.807, 2.05) is 0 Å². The van der Waals surface area contributed by atoms with Crippen molar-refractivity contribution in [2.75, 3.05) is 12.4 Å². The minimum atomic E-state index is -3.72. The molecule has 0 saturated carbocycles. The van der Waals surface area contributed by atoms with E-state index in [1.54, 1.807) is 4.89 Å². The monoisotopic (exact) mass is 240 g/mol. The fourth-order valence-electron chi connectivity index (χ4n) is 0.645. The van der Waals surface area contributed by atoms with Gasteiger partial charge >= 0.3 is 5.97 Å². The third-order valence-electron chi connectivity index (χ3n) is 1.20. The van der Waals surface area contributed by atoms with E-state index in [9.17, 15) is 18.0 Å². The number of aliphatic carboxylic acids is 1. The van der Waals surface area contributed by atoms with Crippen LogP contribution in [0.1, 0.15) is 12.8 Å². The molecule has 0 unspecified atom stereocenters. The second-order valence-corrected chi connectivity index (χ2v) is 4.46. The summed E-state index contributed by atoms with van der Waals surface area (Å²) in [4.78, 5) is 26.2. The maximum atomic E-state index is 11.0. The van der Waals surface area contributed by atoms with E-state index in [2.05, 4.69) is 10.6 Å². The third kappa shape index (κ3) is 9.12. The highest BCUT2D eigenvalue weighted by Gasteiger charge is 2.11. The smallest absolute Gasteiger partial charge is 0.303 e. The largest absolute Gasteiger partial charge is 0.481 e. The molecule has 4 N–H and O–H groups in total. The van der Waals surface area contributed by atoms with Crippen molar-refractivity contribution < 1.29 is 28.0 Å². The molecule has 0 atom stereocenters. The Hall–Kier alpha value is -1.19. The highest BCUT2D eigenvalue weighted by molar-refractivity contribution is 7.89. The molecule has 0 heterocycles. The SMILES string of the molecule is NC(=O)CONS(=O)(=O)CCCC(=O)O. The molecular formula is C6H12N2O6S. The van der Waals surface area contributed by atoms with Crippen molar-refractivity contribution in [3.8, 4) is 0 Å². The molecule has 0 spiro atoms. The highest BCUT2D eigenvalue weighted by Crippen LogP contribution is 1.94. The number of rotatable bonds is 8. The van der Waals surface area contributed by atoms with Crippen LogP contribution in [0.3, 0.4) is 0 Å². The van der Waals surface area contributed by atoms with Gasteiger partial charge in [0.05, 0.1) is 5.75 Å². The van der Waals surface area contributed by atoms with Crippen LogP contribution in [0.2, 0.25) is 0 Å². The molecule has 0 rings (SSSR count). The van der Waals surface area contributed by atoms with Crippen molar-refractivity contribution in [3.05, 3.63) is 0 Å². The van der Waals surface area contributed by atoms with Gasteiger partial charge in [-0.3, -0.25) is 14.4 Å². The van der Waals surface area contributed by atoms with Gasteiger partial charge in [0.2, 0.25) is 15.9 Å². The number of carbonyl (C=O) groups excluding carboxylic acids is 1. The standard InChI is InChI=1S/C6H12N2O6S/c7-5(9)4-14-8-15(12,13)3-1-2-6(10)11/h8H,1-4H2,(H2,7,9)(H,10,11). The second-order valence-electron chi connectivity index (χ2n) is 2.65. The maximum absolute atomic E-state index is 11.0. The summed E-state index contributed by atoms with van der Waals surface area (Å²) in [5.41, 5.74) is 4.69. The van der Waals surface area contributed by atoms with Crippen LogP contribution in [-0.4, -0.2) is 37.8 Å². The summed E-state index contributed by atoms with van der Waals surface area (Å²) >= 11 is 0. The molecule has 0 aliphatic carbocycles. The molecule has 0 aliphatic heterocycles. The summed E-state index contributed by atoms with van der Waals surface area (Å²) in [6, 6.07) is 0. The van der Waals surface area contributed by atoms with E-state index in [4.69, 9.17) is 5.11 Å². The van der Waals surface area contributed by atoms with Crippen LogP contribution in [0, 0.1) is 0 Å². The lowest BCUT2D eigenvalue weighted by molar-refractivity contribution is -0.137. The van der Waals surface area contributed by atoms with Crippen LogP contribution in [0.5, 0.6) is 0 Å². The Morgan fingerprint density at radius 2 is 2.00 bits per heavy atom. The van der Waals surface area contributed by atoms with Gasteiger partial charge in [-0.25, -0.2) is 8.42 Å². The third-order valence-corrected chi connectivity index (χ3v) is 2.40. The zero-order valence-corrected chi connectivity index (χ0v) is 8.62. The molecule has 0 saturated heterocycles. The molecule has 9 heteroatoms. The summed E-state index contributed by atoms with van der Waals surface area (Å²) < 4.78 is 22.0. The number of carbonyl (C=O) groups is 2. The van der Waals surface area contributed by atoms with Crippen molar-refractivity contribution in [2.45, 2.75) is 12.8 Å². The first-order valence-corrected chi connectivity index (χ1v) is 5.60. The minimum absolute atomic E-state index is 0.0371. The zero-order valence-electron chi connectivity index (χ0n) is 7.80. The van der Waals surface area contributed by atoms with Crippen molar-refractivity contribution in [1.29, 1.82) is 0 Å². The molecule has 0 aromatic rings. The van der Waals surface area contributed by atoms with Crippen molar-refractivity contribution in [2.24, 2.45) is 5.73 Å². The van der Waals surface area contributed by atoms with Crippen LogP contribution < -0.4 is 10.6 Å². The molecule has 0 fully saturated rings. The molecular weight excluding hydrogens is 228 g/mol. The van der Waals surface area contributed by atoms with Gasteiger partial charge < -0.3 is 10.8 Å². The summed E-state index contributed by atoms with van der Waals surface area (Å²) in [6.45, 7) is -0.571. The highest BCUT2D eigenvalue weighted by atomic mass is 32.2.